The maximum Gasteiger partial charge on any atom is 0.134 e. The van der Waals surface area contributed by atoms with Crippen LogP contribution in [0.25, 0.3) is 0 Å². The first-order chi connectivity index (χ1) is 9.37. The number of hydrogen-bond donors (Lipinski definition) is 3. The summed E-state index contributed by atoms with van der Waals surface area (Å²) in [5, 5.41) is 16.4. The molecule has 0 radical (unpaired) electrons. The van der Waals surface area contributed by atoms with Crippen molar-refractivity contribution in [2.45, 2.75) is 59.5 Å². The van der Waals surface area contributed by atoms with Crippen molar-refractivity contribution in [2.75, 3.05) is 23.7 Å². The summed E-state index contributed by atoms with van der Waals surface area (Å²) >= 11 is 0. The molecule has 0 aliphatic rings. The first kappa shape index (κ1) is 16.7. The second kappa shape index (κ2) is 7.43. The Hall–Kier alpha value is -1.36. The molecule has 1 rings (SSSR count). The predicted molar refractivity (Wildman–Crippen MR) is 84.3 cm³/mol. The van der Waals surface area contributed by atoms with Crippen molar-refractivity contribution in [3.8, 4) is 0 Å². The van der Waals surface area contributed by atoms with Gasteiger partial charge >= 0.3 is 0 Å². The Balaban J connectivity index is 2.97. The fourth-order valence-electron chi connectivity index (χ4n) is 1.79. The molecule has 0 saturated carbocycles. The maximum atomic E-state index is 9.83. The van der Waals surface area contributed by atoms with Gasteiger partial charge in [-0.25, -0.2) is 9.97 Å². The SMILES string of the molecule is CCCNc1nc(CCC)nc(NCC(C)(C)O)c1C. The van der Waals surface area contributed by atoms with E-state index in [9.17, 15) is 5.11 Å². The first-order valence-electron chi connectivity index (χ1n) is 7.45. The summed E-state index contributed by atoms with van der Waals surface area (Å²) in [5.74, 6) is 2.54. The van der Waals surface area contributed by atoms with E-state index in [4.69, 9.17) is 0 Å². The first-order valence-corrected chi connectivity index (χ1v) is 7.45. The second-order valence-corrected chi connectivity index (χ2v) is 5.80. The van der Waals surface area contributed by atoms with E-state index in [0.29, 0.717) is 6.54 Å². The summed E-state index contributed by atoms with van der Waals surface area (Å²) in [7, 11) is 0. The smallest absolute Gasteiger partial charge is 0.134 e. The van der Waals surface area contributed by atoms with E-state index in [1.165, 1.54) is 0 Å². The zero-order chi connectivity index (χ0) is 15.2. The number of aryl methyl sites for hydroxylation is 1. The second-order valence-electron chi connectivity index (χ2n) is 5.80. The molecular formula is C15H28N4O. The normalized spacial score (nSPS) is 11.5. The van der Waals surface area contributed by atoms with E-state index in [2.05, 4.69) is 34.4 Å². The van der Waals surface area contributed by atoms with Crippen LogP contribution in [0.2, 0.25) is 0 Å². The topological polar surface area (TPSA) is 70.1 Å². The van der Waals surface area contributed by atoms with Gasteiger partial charge < -0.3 is 15.7 Å². The molecule has 5 nitrogen and oxygen atoms in total. The highest BCUT2D eigenvalue weighted by Gasteiger charge is 2.15. The molecule has 20 heavy (non-hydrogen) atoms. The van der Waals surface area contributed by atoms with Crippen LogP contribution >= 0.6 is 0 Å². The largest absolute Gasteiger partial charge is 0.389 e. The van der Waals surface area contributed by atoms with Gasteiger partial charge in [0.25, 0.3) is 0 Å². The average molecular weight is 280 g/mol. The summed E-state index contributed by atoms with van der Waals surface area (Å²) in [6.45, 7) is 11.2. The molecule has 1 heterocycles. The molecular weight excluding hydrogens is 252 g/mol. The molecule has 0 aliphatic carbocycles. The van der Waals surface area contributed by atoms with Gasteiger partial charge in [0.1, 0.15) is 17.5 Å². The van der Waals surface area contributed by atoms with Crippen molar-refractivity contribution < 1.29 is 5.11 Å². The lowest BCUT2D eigenvalue weighted by Crippen LogP contribution is -2.30. The Morgan fingerprint density at radius 3 is 2.15 bits per heavy atom. The molecule has 0 atom stereocenters. The molecule has 0 spiro atoms. The summed E-state index contributed by atoms with van der Waals surface area (Å²) < 4.78 is 0. The monoisotopic (exact) mass is 280 g/mol. The summed E-state index contributed by atoms with van der Waals surface area (Å²) in [5.41, 5.74) is 0.238. The van der Waals surface area contributed by atoms with Gasteiger partial charge in [-0.1, -0.05) is 13.8 Å². The number of nitrogens with zero attached hydrogens (tertiary/aromatic N) is 2. The molecule has 0 saturated heterocycles. The lowest BCUT2D eigenvalue weighted by molar-refractivity contribution is 0.0944. The van der Waals surface area contributed by atoms with Crippen LogP contribution in [0.1, 0.15) is 51.9 Å². The number of anilines is 2. The molecule has 3 N–H and O–H groups in total. The standard InChI is InChI=1S/C15H28N4O/c1-6-8-12-18-13(16-9-7-2)11(3)14(19-12)17-10-15(4,5)20/h20H,6-10H2,1-5H3,(H2,16,17,18,19). The van der Waals surface area contributed by atoms with Crippen LogP contribution in [-0.4, -0.2) is 33.8 Å². The Morgan fingerprint density at radius 2 is 1.65 bits per heavy atom. The van der Waals surface area contributed by atoms with Gasteiger partial charge in [0.15, 0.2) is 0 Å². The molecule has 5 heteroatoms. The summed E-state index contributed by atoms with van der Waals surface area (Å²) in [6.07, 6.45) is 2.93. The van der Waals surface area contributed by atoms with Gasteiger partial charge in [-0.3, -0.25) is 0 Å². The molecule has 114 valence electrons. The van der Waals surface area contributed by atoms with Gasteiger partial charge in [0.2, 0.25) is 0 Å². The Labute approximate surface area is 122 Å². The fraction of sp³-hybridized carbons (Fsp3) is 0.733. The van der Waals surface area contributed by atoms with Crippen LogP contribution < -0.4 is 10.6 Å². The predicted octanol–water partition coefficient (Wildman–Crippen LogP) is 2.74. The van der Waals surface area contributed by atoms with E-state index in [-0.39, 0.29) is 0 Å². The van der Waals surface area contributed by atoms with E-state index in [0.717, 1.165) is 48.8 Å². The van der Waals surface area contributed by atoms with Crippen molar-refractivity contribution in [1.29, 1.82) is 0 Å². The Morgan fingerprint density at radius 1 is 1.05 bits per heavy atom. The Bertz CT molecular complexity index is 427. The number of nitrogens with one attached hydrogen (secondary N) is 2. The van der Waals surface area contributed by atoms with Gasteiger partial charge in [0, 0.05) is 25.1 Å². The highest BCUT2D eigenvalue weighted by Crippen LogP contribution is 2.21. The number of hydrogen-bond acceptors (Lipinski definition) is 5. The molecule has 0 aromatic carbocycles. The van der Waals surface area contributed by atoms with Gasteiger partial charge in [0.05, 0.1) is 5.60 Å². The number of rotatable bonds is 8. The van der Waals surface area contributed by atoms with Crippen molar-refractivity contribution in [2.24, 2.45) is 0 Å². The van der Waals surface area contributed by atoms with Gasteiger partial charge in [-0.05, 0) is 33.6 Å². The zero-order valence-corrected chi connectivity index (χ0v) is 13.4. The minimum Gasteiger partial charge on any atom is -0.389 e. The third kappa shape index (κ3) is 5.33. The molecule has 0 amide bonds. The van der Waals surface area contributed by atoms with E-state index >= 15 is 0 Å². The molecule has 0 unspecified atom stereocenters. The lowest BCUT2D eigenvalue weighted by atomic mass is 10.1. The van der Waals surface area contributed by atoms with E-state index in [1.807, 2.05) is 6.92 Å². The van der Waals surface area contributed by atoms with Crippen LogP contribution in [0.5, 0.6) is 0 Å². The fourth-order valence-corrected chi connectivity index (χ4v) is 1.79. The van der Waals surface area contributed by atoms with Crippen molar-refractivity contribution in [3.05, 3.63) is 11.4 Å². The van der Waals surface area contributed by atoms with Crippen molar-refractivity contribution in [1.82, 2.24) is 9.97 Å². The molecule has 0 bridgehead atoms. The average Bonchev–Trinajstić information content (AvgIpc) is 2.36. The third-order valence-electron chi connectivity index (χ3n) is 2.90. The van der Waals surface area contributed by atoms with Gasteiger partial charge in [-0.15, -0.1) is 0 Å². The van der Waals surface area contributed by atoms with Crippen LogP contribution in [0, 0.1) is 6.92 Å². The van der Waals surface area contributed by atoms with E-state index < -0.39 is 5.60 Å². The lowest BCUT2D eigenvalue weighted by Gasteiger charge is -2.20. The van der Waals surface area contributed by atoms with Crippen LogP contribution in [-0.2, 0) is 6.42 Å². The minimum absolute atomic E-state index is 0.462. The molecule has 0 aliphatic heterocycles. The molecule has 0 fully saturated rings. The van der Waals surface area contributed by atoms with Gasteiger partial charge in [-0.2, -0.15) is 0 Å². The Kier molecular flexibility index (Phi) is 6.20. The summed E-state index contributed by atoms with van der Waals surface area (Å²) in [4.78, 5) is 9.14. The van der Waals surface area contributed by atoms with Crippen LogP contribution in [0.15, 0.2) is 0 Å². The van der Waals surface area contributed by atoms with Crippen molar-refractivity contribution in [3.63, 3.8) is 0 Å². The van der Waals surface area contributed by atoms with Crippen molar-refractivity contribution >= 4 is 11.6 Å². The number of aromatic nitrogens is 2. The molecule has 1 aromatic rings. The quantitative estimate of drug-likeness (QED) is 0.683. The highest BCUT2D eigenvalue weighted by atomic mass is 16.3. The maximum absolute atomic E-state index is 9.83. The number of aliphatic hydroxyl groups is 1. The molecule has 1 aromatic heterocycles. The van der Waals surface area contributed by atoms with E-state index in [1.54, 1.807) is 13.8 Å². The van der Waals surface area contributed by atoms with Crippen LogP contribution in [0.4, 0.5) is 11.6 Å². The summed E-state index contributed by atoms with van der Waals surface area (Å²) in [6, 6.07) is 0. The van der Waals surface area contributed by atoms with Crippen LogP contribution in [0.3, 0.4) is 0 Å². The third-order valence-corrected chi connectivity index (χ3v) is 2.90. The zero-order valence-electron chi connectivity index (χ0n) is 13.4. The highest BCUT2D eigenvalue weighted by molar-refractivity contribution is 5.57. The minimum atomic E-state index is -0.765.